The van der Waals surface area contributed by atoms with Crippen LogP contribution in [0, 0.1) is 0 Å². The van der Waals surface area contributed by atoms with Crippen LogP contribution >= 0.6 is 11.6 Å². The van der Waals surface area contributed by atoms with E-state index < -0.39 is 0 Å². The van der Waals surface area contributed by atoms with Crippen molar-refractivity contribution in [3.05, 3.63) is 59.5 Å². The van der Waals surface area contributed by atoms with E-state index in [4.69, 9.17) is 11.6 Å². The molecule has 4 heteroatoms. The van der Waals surface area contributed by atoms with Crippen molar-refractivity contribution in [1.82, 2.24) is 14.9 Å². The van der Waals surface area contributed by atoms with E-state index in [0.29, 0.717) is 5.92 Å². The number of rotatable bonds is 2. The van der Waals surface area contributed by atoms with Crippen molar-refractivity contribution in [1.29, 1.82) is 0 Å². The van der Waals surface area contributed by atoms with Gasteiger partial charge in [-0.1, -0.05) is 11.6 Å². The molecule has 3 heterocycles. The lowest BCUT2D eigenvalue weighted by atomic mass is 9.90. The molecule has 0 radical (unpaired) electrons. The third kappa shape index (κ3) is 2.40. The largest absolute Gasteiger partial charge is 0.317 e. The van der Waals surface area contributed by atoms with E-state index in [-0.39, 0.29) is 0 Å². The normalized spacial score (nSPS) is 16.2. The van der Waals surface area contributed by atoms with Gasteiger partial charge in [0, 0.05) is 28.5 Å². The lowest BCUT2D eigenvalue weighted by molar-refractivity contribution is 0.462. The number of piperidine rings is 1. The highest BCUT2D eigenvalue weighted by Gasteiger charge is 2.20. The van der Waals surface area contributed by atoms with E-state index in [2.05, 4.69) is 39.3 Å². The Labute approximate surface area is 134 Å². The van der Waals surface area contributed by atoms with Gasteiger partial charge >= 0.3 is 0 Å². The van der Waals surface area contributed by atoms with Gasteiger partial charge < -0.3 is 9.88 Å². The molecule has 0 bridgehead atoms. The summed E-state index contributed by atoms with van der Waals surface area (Å²) in [7, 11) is 0. The van der Waals surface area contributed by atoms with Crippen molar-refractivity contribution in [2.24, 2.45) is 0 Å². The van der Waals surface area contributed by atoms with E-state index >= 15 is 0 Å². The van der Waals surface area contributed by atoms with Crippen molar-refractivity contribution >= 4 is 22.5 Å². The summed E-state index contributed by atoms with van der Waals surface area (Å²) < 4.78 is 2.23. The molecular weight excluding hydrogens is 294 g/mol. The predicted octanol–water partition coefficient (Wildman–Crippen LogP) is 4.15. The highest BCUT2D eigenvalue weighted by molar-refractivity contribution is 6.30. The van der Waals surface area contributed by atoms with Gasteiger partial charge in [-0.3, -0.25) is 4.98 Å². The molecule has 0 aliphatic carbocycles. The molecule has 3 nitrogen and oxygen atoms in total. The summed E-state index contributed by atoms with van der Waals surface area (Å²) in [5.74, 6) is 0.625. The Bertz CT molecular complexity index is 786. The van der Waals surface area contributed by atoms with Gasteiger partial charge in [0.2, 0.25) is 0 Å². The summed E-state index contributed by atoms with van der Waals surface area (Å²) in [6, 6.07) is 10.1. The number of benzene rings is 1. The first-order valence-corrected chi connectivity index (χ1v) is 8.12. The van der Waals surface area contributed by atoms with E-state index in [1.807, 2.05) is 24.5 Å². The first-order chi connectivity index (χ1) is 10.8. The summed E-state index contributed by atoms with van der Waals surface area (Å²) in [5, 5.41) is 5.52. The van der Waals surface area contributed by atoms with Crippen LogP contribution in [0.2, 0.25) is 5.02 Å². The van der Waals surface area contributed by atoms with Crippen molar-refractivity contribution in [2.75, 3.05) is 13.1 Å². The van der Waals surface area contributed by atoms with Crippen LogP contribution in [0.4, 0.5) is 0 Å². The van der Waals surface area contributed by atoms with Crippen LogP contribution in [-0.4, -0.2) is 22.6 Å². The zero-order valence-electron chi connectivity index (χ0n) is 12.3. The standard InChI is InChI=1S/C18H18ClN3/c19-14-1-3-15(4-2-14)22-12-17(13-5-8-20-9-6-13)16-7-10-21-11-18(16)22/h1-4,7,10-13,20H,5-6,8-9H2. The Balaban J connectivity index is 1.86. The molecule has 0 atom stereocenters. The van der Waals surface area contributed by atoms with Crippen molar-refractivity contribution in [2.45, 2.75) is 18.8 Å². The summed E-state index contributed by atoms with van der Waals surface area (Å²) >= 11 is 6.02. The molecule has 3 aromatic rings. The van der Waals surface area contributed by atoms with Crippen LogP contribution in [0.5, 0.6) is 0 Å². The molecule has 4 rings (SSSR count). The number of halogens is 1. The van der Waals surface area contributed by atoms with Crippen LogP contribution in [0.25, 0.3) is 16.6 Å². The second kappa shape index (κ2) is 5.75. The summed E-state index contributed by atoms with van der Waals surface area (Å²) in [6.07, 6.45) is 8.52. The highest BCUT2D eigenvalue weighted by Crippen LogP contribution is 2.34. The van der Waals surface area contributed by atoms with Crippen LogP contribution in [0.1, 0.15) is 24.3 Å². The zero-order valence-corrected chi connectivity index (χ0v) is 13.1. The quantitative estimate of drug-likeness (QED) is 0.770. The number of fused-ring (bicyclic) bond motifs is 1. The number of hydrogen-bond donors (Lipinski definition) is 1. The second-order valence-electron chi connectivity index (χ2n) is 5.85. The van der Waals surface area contributed by atoms with Gasteiger partial charge in [0.05, 0.1) is 11.7 Å². The molecule has 1 aliphatic rings. The average molecular weight is 312 g/mol. The molecule has 0 spiro atoms. The average Bonchev–Trinajstić information content (AvgIpc) is 2.96. The van der Waals surface area contributed by atoms with Crippen LogP contribution in [0.3, 0.4) is 0 Å². The SMILES string of the molecule is Clc1ccc(-n2cc(C3CCNCC3)c3ccncc32)cc1. The second-order valence-corrected chi connectivity index (χ2v) is 6.28. The summed E-state index contributed by atoms with van der Waals surface area (Å²) in [6.45, 7) is 2.20. The summed E-state index contributed by atoms with van der Waals surface area (Å²) in [5.41, 5.74) is 3.73. The predicted molar refractivity (Wildman–Crippen MR) is 90.9 cm³/mol. The zero-order chi connectivity index (χ0) is 14.9. The Hall–Kier alpha value is -1.84. The minimum Gasteiger partial charge on any atom is -0.317 e. The van der Waals surface area contributed by atoms with Crippen molar-refractivity contribution < 1.29 is 0 Å². The van der Waals surface area contributed by atoms with Gasteiger partial charge in [0.15, 0.2) is 0 Å². The Morgan fingerprint density at radius 1 is 1.09 bits per heavy atom. The monoisotopic (exact) mass is 311 g/mol. The molecule has 112 valence electrons. The van der Waals surface area contributed by atoms with Crippen molar-refractivity contribution in [3.8, 4) is 5.69 Å². The van der Waals surface area contributed by atoms with Gasteiger partial charge in [-0.25, -0.2) is 0 Å². The smallest absolute Gasteiger partial charge is 0.0715 e. The lowest BCUT2D eigenvalue weighted by Gasteiger charge is -2.22. The molecule has 22 heavy (non-hydrogen) atoms. The van der Waals surface area contributed by atoms with Crippen LogP contribution in [0.15, 0.2) is 48.9 Å². The molecule has 1 fully saturated rings. The minimum absolute atomic E-state index is 0.625. The molecule has 1 aromatic carbocycles. The van der Waals surface area contributed by atoms with Crippen molar-refractivity contribution in [3.63, 3.8) is 0 Å². The number of pyridine rings is 1. The van der Waals surface area contributed by atoms with E-state index in [1.165, 1.54) is 29.3 Å². The number of aromatic nitrogens is 2. The minimum atomic E-state index is 0.625. The Kier molecular flexibility index (Phi) is 3.60. The first kappa shape index (κ1) is 13.8. The third-order valence-corrected chi connectivity index (χ3v) is 4.77. The molecule has 0 unspecified atom stereocenters. The summed E-state index contributed by atoms with van der Waals surface area (Å²) in [4.78, 5) is 4.32. The maximum Gasteiger partial charge on any atom is 0.0715 e. The fourth-order valence-corrected chi connectivity index (χ4v) is 3.50. The topological polar surface area (TPSA) is 29.9 Å². The first-order valence-electron chi connectivity index (χ1n) is 7.74. The molecule has 1 aliphatic heterocycles. The third-order valence-electron chi connectivity index (χ3n) is 4.52. The van der Waals surface area contributed by atoms with Gasteiger partial charge in [-0.2, -0.15) is 0 Å². The maximum absolute atomic E-state index is 6.02. The Morgan fingerprint density at radius 2 is 1.86 bits per heavy atom. The maximum atomic E-state index is 6.02. The number of nitrogens with one attached hydrogen (secondary N) is 1. The molecule has 1 N–H and O–H groups in total. The molecule has 0 amide bonds. The number of hydrogen-bond acceptors (Lipinski definition) is 2. The van der Waals surface area contributed by atoms with E-state index in [9.17, 15) is 0 Å². The van der Waals surface area contributed by atoms with Crippen LogP contribution < -0.4 is 5.32 Å². The molecule has 1 saturated heterocycles. The molecule has 2 aromatic heterocycles. The van der Waals surface area contributed by atoms with E-state index in [1.54, 1.807) is 0 Å². The molecule has 0 saturated carbocycles. The van der Waals surface area contributed by atoms with Gasteiger partial charge in [-0.05, 0) is 67.7 Å². The lowest BCUT2D eigenvalue weighted by Crippen LogP contribution is -2.26. The number of nitrogens with zero attached hydrogens (tertiary/aromatic N) is 2. The van der Waals surface area contributed by atoms with Gasteiger partial charge in [0.1, 0.15) is 0 Å². The molecular formula is C18H18ClN3. The fraction of sp³-hybridized carbons (Fsp3) is 0.278. The van der Waals surface area contributed by atoms with Crippen LogP contribution in [-0.2, 0) is 0 Å². The van der Waals surface area contributed by atoms with Gasteiger partial charge in [0.25, 0.3) is 0 Å². The fourth-order valence-electron chi connectivity index (χ4n) is 3.37. The van der Waals surface area contributed by atoms with Gasteiger partial charge in [-0.15, -0.1) is 0 Å². The van der Waals surface area contributed by atoms with E-state index in [0.717, 1.165) is 23.8 Å². The Morgan fingerprint density at radius 3 is 2.64 bits per heavy atom. The highest BCUT2D eigenvalue weighted by atomic mass is 35.5.